The number of allylic oxidation sites excluding steroid dienone is 3. The molecule has 0 fully saturated rings. The third-order valence-corrected chi connectivity index (χ3v) is 10.6. The van der Waals surface area contributed by atoms with Crippen molar-refractivity contribution >= 4 is 55.8 Å². The Morgan fingerprint density at radius 3 is 1.98 bits per heavy atom. The molecule has 0 saturated heterocycles. The second kappa shape index (κ2) is 32.9. The molecule has 3 aromatic rings. The first-order valence-corrected chi connectivity index (χ1v) is 23.2. The normalized spacial score (nSPS) is 11.3. The number of nitrogens with zero attached hydrogens (tertiary/aromatic N) is 2. The number of aromatic nitrogens is 1. The van der Waals surface area contributed by atoms with Crippen LogP contribution in [0, 0.1) is 12.8 Å². The first-order valence-electron chi connectivity index (χ1n) is 20.8. The van der Waals surface area contributed by atoms with Crippen LogP contribution in [0.5, 0.6) is 0 Å². The number of carbonyl (C=O) groups excluding carboxylic acids is 4. The average molecular weight is 929 g/mol. The second-order valence-corrected chi connectivity index (χ2v) is 17.0. The lowest BCUT2D eigenvalue weighted by Crippen LogP contribution is -2.46. The van der Waals surface area contributed by atoms with E-state index in [0.29, 0.717) is 26.0 Å². The summed E-state index contributed by atoms with van der Waals surface area (Å²) in [5.74, 6) is -0.996. The van der Waals surface area contributed by atoms with Crippen LogP contribution in [0.15, 0.2) is 95.6 Å². The fraction of sp³-hybridized carbons (Fsp3) is 0.457. The van der Waals surface area contributed by atoms with Gasteiger partial charge in [0.15, 0.2) is 0 Å². The first kappa shape index (κ1) is 56.1. The maximum absolute atomic E-state index is 13.1. The van der Waals surface area contributed by atoms with Crippen LogP contribution in [0.4, 0.5) is 5.69 Å². The van der Waals surface area contributed by atoms with E-state index in [9.17, 15) is 27.6 Å². The summed E-state index contributed by atoms with van der Waals surface area (Å²) < 4.78 is 28.2. The topological polar surface area (TPSA) is 179 Å². The van der Waals surface area contributed by atoms with Gasteiger partial charge >= 0.3 is 0 Å². The third-order valence-electron chi connectivity index (χ3n) is 8.36. The molecule has 1 aromatic heterocycles. The summed E-state index contributed by atoms with van der Waals surface area (Å²) in [5, 5.41) is 14.0. The van der Waals surface area contributed by atoms with Crippen LogP contribution in [0.3, 0.4) is 0 Å². The molecule has 0 aliphatic rings. The van der Waals surface area contributed by atoms with Crippen molar-refractivity contribution in [1.29, 1.82) is 0 Å². The van der Waals surface area contributed by atoms with Gasteiger partial charge in [0.2, 0.25) is 22.3 Å². The Balaban J connectivity index is 0.00000139. The molecule has 15 heteroatoms. The summed E-state index contributed by atoms with van der Waals surface area (Å²) in [6.45, 7) is 19.4. The summed E-state index contributed by atoms with van der Waals surface area (Å²) in [6, 6.07) is 17.7. The van der Waals surface area contributed by atoms with Crippen LogP contribution in [0.25, 0.3) is 0 Å². The zero-order valence-corrected chi connectivity index (χ0v) is 40.2. The Bertz CT molecular complexity index is 1870. The maximum atomic E-state index is 13.1. The van der Waals surface area contributed by atoms with E-state index in [2.05, 4.69) is 53.6 Å². The van der Waals surface area contributed by atoms with Crippen molar-refractivity contribution in [3.05, 3.63) is 118 Å². The number of halogens is 1. The second-order valence-electron chi connectivity index (χ2n) is 14.0. The SMILES string of the molecule is C/C=C\CCC/C=C/CS(=O)(=O)N(C)c1cc(C(=O)NCCNC(C)C)cc(C(=O)NCc2ccc(Br)cc2)c1.CC.CCNC(=O)[C@@H](NC=O)C(C)C.Cc1ccccn1. The van der Waals surface area contributed by atoms with Crippen molar-refractivity contribution < 1.29 is 27.6 Å². The Morgan fingerprint density at radius 2 is 1.48 bits per heavy atom. The summed E-state index contributed by atoms with van der Waals surface area (Å²) >= 11 is 3.39. The first-order chi connectivity index (χ1) is 29.1. The number of hydrogen-bond acceptors (Lipinski definition) is 8. The van der Waals surface area contributed by atoms with E-state index in [1.54, 1.807) is 12.3 Å². The summed E-state index contributed by atoms with van der Waals surface area (Å²) in [4.78, 5) is 51.4. The van der Waals surface area contributed by atoms with E-state index in [1.165, 1.54) is 25.2 Å². The Hall–Kier alpha value is -4.86. The zero-order chi connectivity index (χ0) is 46.2. The number of carbonyl (C=O) groups is 4. The van der Waals surface area contributed by atoms with Gasteiger partial charge in [-0.05, 0) is 94.0 Å². The number of amides is 4. The van der Waals surface area contributed by atoms with Gasteiger partial charge < -0.3 is 26.6 Å². The zero-order valence-electron chi connectivity index (χ0n) is 37.8. The molecule has 0 saturated carbocycles. The van der Waals surface area contributed by atoms with Crippen LogP contribution >= 0.6 is 15.9 Å². The molecule has 1 heterocycles. The molecule has 1 atom stereocenters. The van der Waals surface area contributed by atoms with Crippen LogP contribution in [0.2, 0.25) is 0 Å². The molecular weight excluding hydrogens is 859 g/mol. The van der Waals surface area contributed by atoms with E-state index in [0.717, 1.165) is 39.3 Å². The number of anilines is 1. The van der Waals surface area contributed by atoms with Gasteiger partial charge in [0.1, 0.15) is 6.04 Å². The Kier molecular flexibility index (Phi) is 30.2. The van der Waals surface area contributed by atoms with Crippen LogP contribution in [-0.2, 0) is 26.2 Å². The molecule has 0 aliphatic carbocycles. The highest BCUT2D eigenvalue weighted by Gasteiger charge is 2.22. The number of likely N-dealkylation sites (N-methyl/N-ethyl adjacent to an activating group) is 1. The molecule has 61 heavy (non-hydrogen) atoms. The number of aryl methyl sites for hydroxylation is 1. The minimum absolute atomic E-state index is 0.113. The van der Waals surface area contributed by atoms with Gasteiger partial charge in [-0.3, -0.25) is 28.5 Å². The minimum atomic E-state index is -3.73. The van der Waals surface area contributed by atoms with E-state index in [-0.39, 0.29) is 52.9 Å². The van der Waals surface area contributed by atoms with Crippen LogP contribution in [-0.4, -0.2) is 82.1 Å². The average Bonchev–Trinajstić information content (AvgIpc) is 3.24. The van der Waals surface area contributed by atoms with Gasteiger partial charge in [-0.2, -0.15) is 0 Å². The lowest BCUT2D eigenvalue weighted by molar-refractivity contribution is -0.126. The summed E-state index contributed by atoms with van der Waals surface area (Å²) in [6.07, 6.45) is 12.6. The molecule has 0 radical (unpaired) electrons. The third kappa shape index (κ3) is 24.9. The van der Waals surface area contributed by atoms with Gasteiger partial charge in [0.25, 0.3) is 11.8 Å². The van der Waals surface area contributed by atoms with Crippen molar-refractivity contribution in [2.75, 3.05) is 36.7 Å². The largest absolute Gasteiger partial charge is 0.355 e. The van der Waals surface area contributed by atoms with Crippen molar-refractivity contribution in [2.45, 2.75) is 100 Å². The number of sulfonamides is 1. The quantitative estimate of drug-likeness (QED) is 0.0415. The molecular formula is C46H70BrN7O6S. The molecule has 0 bridgehead atoms. The smallest absolute Gasteiger partial charge is 0.251 e. The number of pyridine rings is 1. The molecule has 4 amide bonds. The fourth-order valence-electron chi connectivity index (χ4n) is 5.06. The number of hydrogen-bond donors (Lipinski definition) is 5. The highest BCUT2D eigenvalue weighted by atomic mass is 79.9. The van der Waals surface area contributed by atoms with Gasteiger partial charge in [-0.25, -0.2) is 8.42 Å². The lowest BCUT2D eigenvalue weighted by Gasteiger charge is -2.20. The monoisotopic (exact) mass is 927 g/mol. The van der Waals surface area contributed by atoms with Crippen LogP contribution in [0.1, 0.15) is 107 Å². The Labute approximate surface area is 374 Å². The van der Waals surface area contributed by atoms with Crippen molar-refractivity contribution in [3.8, 4) is 0 Å². The van der Waals surface area contributed by atoms with Crippen molar-refractivity contribution in [3.63, 3.8) is 0 Å². The highest BCUT2D eigenvalue weighted by molar-refractivity contribution is 9.10. The lowest BCUT2D eigenvalue weighted by atomic mass is 10.0. The van der Waals surface area contributed by atoms with E-state index in [4.69, 9.17) is 0 Å². The predicted octanol–water partition coefficient (Wildman–Crippen LogP) is 7.48. The van der Waals surface area contributed by atoms with Crippen LogP contribution < -0.4 is 30.9 Å². The number of nitrogens with one attached hydrogen (secondary N) is 5. The van der Waals surface area contributed by atoms with Crippen molar-refractivity contribution in [1.82, 2.24) is 31.6 Å². The minimum Gasteiger partial charge on any atom is -0.355 e. The molecule has 338 valence electrons. The van der Waals surface area contributed by atoms with E-state index in [1.807, 2.05) is 117 Å². The maximum Gasteiger partial charge on any atom is 0.251 e. The van der Waals surface area contributed by atoms with Crippen molar-refractivity contribution in [2.24, 2.45) is 5.92 Å². The predicted molar refractivity (Wildman–Crippen MR) is 254 cm³/mol. The number of benzene rings is 2. The molecule has 2 aromatic carbocycles. The standard InChI is InChI=1S/C30H41BrN4O4S.C8H16N2O2.C6H7N.C2H6/c1-5-6-7-8-9-10-11-18-40(38,39)35(4)28-20-25(29(36)33-17-16-32-23(2)3)19-26(21-28)30(37)34-22-24-12-14-27(31)15-13-24;1-4-9-8(12)7(6(2)3)10-5-11;1-6-4-2-3-5-7-6;1-2/h5-6,10-15,19-21,23,32H,7-9,16-18,22H2,1-4H3,(H,33,36)(H,34,37);5-7H,4H2,1-3H3,(H,9,12)(H,10,11);2-5H,1H3;1-2H3/b6-5-,11-10+;;;/t;7-;;/m.0../s1. The van der Waals surface area contributed by atoms with E-state index < -0.39 is 22.0 Å². The molecule has 0 unspecified atom stereocenters. The van der Waals surface area contributed by atoms with Gasteiger partial charge in [0, 0.05) is 66.8 Å². The molecule has 13 nitrogen and oxygen atoms in total. The summed E-state index contributed by atoms with van der Waals surface area (Å²) in [5.41, 5.74) is 2.62. The highest BCUT2D eigenvalue weighted by Crippen LogP contribution is 2.22. The molecule has 0 spiro atoms. The Morgan fingerprint density at radius 1 is 0.852 bits per heavy atom. The van der Waals surface area contributed by atoms with Gasteiger partial charge in [0.05, 0.1) is 11.4 Å². The number of unbranched alkanes of at least 4 members (excludes halogenated alkanes) is 2. The molecule has 5 N–H and O–H groups in total. The van der Waals surface area contributed by atoms with Gasteiger partial charge in [-0.1, -0.05) is 100.0 Å². The summed E-state index contributed by atoms with van der Waals surface area (Å²) in [7, 11) is -2.30. The fourth-order valence-corrected chi connectivity index (χ4v) is 6.35. The molecule has 0 aliphatic heterocycles. The number of rotatable bonds is 21. The van der Waals surface area contributed by atoms with Gasteiger partial charge in [-0.15, -0.1) is 0 Å². The van der Waals surface area contributed by atoms with E-state index >= 15 is 0 Å². The molecule has 3 rings (SSSR count).